The van der Waals surface area contributed by atoms with E-state index in [9.17, 15) is 4.79 Å². The van der Waals surface area contributed by atoms with Crippen molar-refractivity contribution < 1.29 is 9.53 Å². The number of ether oxygens (including phenoxy) is 1. The number of nitrogens with one attached hydrogen (secondary N) is 1. The molecule has 1 aromatic rings. The lowest BCUT2D eigenvalue weighted by Gasteiger charge is -2.28. The lowest BCUT2D eigenvalue weighted by molar-refractivity contribution is -0.119. The van der Waals surface area contributed by atoms with E-state index in [1.54, 1.807) is 0 Å². The predicted octanol–water partition coefficient (Wildman–Crippen LogP) is 1.59. The van der Waals surface area contributed by atoms with Crippen LogP contribution in [0.1, 0.15) is 19.3 Å². The summed E-state index contributed by atoms with van der Waals surface area (Å²) in [7, 11) is 0. The van der Waals surface area contributed by atoms with Crippen molar-refractivity contribution in [3.8, 4) is 0 Å². The molecular weight excluding hydrogens is 266 g/mol. The Kier molecular flexibility index (Phi) is 4.41. The number of nitrogens with zero attached hydrogens (tertiary/aromatic N) is 1. The standard InChI is InChI=1S/C16H23N3O2/c17-13-2-1-12(11-13)16(20)18-14-3-5-15(6-4-14)19-7-9-21-10-8-19/h3-6,12-13H,1-2,7-11,17H2,(H,18,20). The van der Waals surface area contributed by atoms with Crippen LogP contribution in [0, 0.1) is 5.92 Å². The zero-order valence-electron chi connectivity index (χ0n) is 12.3. The average molecular weight is 289 g/mol. The molecule has 1 aromatic carbocycles. The van der Waals surface area contributed by atoms with E-state index >= 15 is 0 Å². The van der Waals surface area contributed by atoms with E-state index in [4.69, 9.17) is 10.5 Å². The molecule has 1 aliphatic carbocycles. The first-order chi connectivity index (χ1) is 10.2. The maximum Gasteiger partial charge on any atom is 0.227 e. The van der Waals surface area contributed by atoms with Gasteiger partial charge in [-0.15, -0.1) is 0 Å². The van der Waals surface area contributed by atoms with Crippen molar-refractivity contribution in [1.82, 2.24) is 0 Å². The molecule has 5 heteroatoms. The van der Waals surface area contributed by atoms with Crippen LogP contribution in [0.3, 0.4) is 0 Å². The smallest absolute Gasteiger partial charge is 0.227 e. The van der Waals surface area contributed by atoms with Gasteiger partial charge in [-0.1, -0.05) is 0 Å². The Hall–Kier alpha value is -1.59. The van der Waals surface area contributed by atoms with E-state index in [0.717, 1.165) is 51.3 Å². The third kappa shape index (κ3) is 3.54. The van der Waals surface area contributed by atoms with Gasteiger partial charge in [-0.3, -0.25) is 4.79 Å². The molecule has 1 saturated carbocycles. The second-order valence-corrected chi connectivity index (χ2v) is 5.91. The first-order valence-electron chi connectivity index (χ1n) is 7.71. The van der Waals surface area contributed by atoms with Crippen LogP contribution < -0.4 is 16.0 Å². The Morgan fingerprint density at radius 2 is 1.90 bits per heavy atom. The molecule has 0 bridgehead atoms. The molecule has 3 N–H and O–H groups in total. The molecule has 1 saturated heterocycles. The fourth-order valence-electron chi connectivity index (χ4n) is 3.08. The van der Waals surface area contributed by atoms with Gasteiger partial charge in [0.05, 0.1) is 13.2 Å². The van der Waals surface area contributed by atoms with E-state index in [1.165, 1.54) is 5.69 Å². The fourth-order valence-corrected chi connectivity index (χ4v) is 3.08. The lowest BCUT2D eigenvalue weighted by atomic mass is 10.1. The van der Waals surface area contributed by atoms with E-state index in [-0.39, 0.29) is 17.9 Å². The highest BCUT2D eigenvalue weighted by Gasteiger charge is 2.27. The maximum absolute atomic E-state index is 12.2. The summed E-state index contributed by atoms with van der Waals surface area (Å²) in [6, 6.07) is 8.24. The molecule has 1 aliphatic heterocycles. The van der Waals surface area contributed by atoms with Crippen LogP contribution in [0.25, 0.3) is 0 Å². The van der Waals surface area contributed by atoms with Crippen LogP contribution in [0.15, 0.2) is 24.3 Å². The summed E-state index contributed by atoms with van der Waals surface area (Å²) in [6.45, 7) is 3.40. The molecule has 1 amide bonds. The highest BCUT2D eigenvalue weighted by Crippen LogP contribution is 2.26. The summed E-state index contributed by atoms with van der Waals surface area (Å²) in [5.74, 6) is 0.168. The van der Waals surface area contributed by atoms with Gasteiger partial charge in [0.15, 0.2) is 0 Å². The van der Waals surface area contributed by atoms with Crippen molar-refractivity contribution in [2.75, 3.05) is 36.5 Å². The number of hydrogen-bond acceptors (Lipinski definition) is 4. The van der Waals surface area contributed by atoms with E-state index in [0.29, 0.717) is 0 Å². The van der Waals surface area contributed by atoms with Gasteiger partial charge in [-0.25, -0.2) is 0 Å². The number of morpholine rings is 1. The van der Waals surface area contributed by atoms with Crippen molar-refractivity contribution in [3.63, 3.8) is 0 Å². The number of benzene rings is 1. The van der Waals surface area contributed by atoms with Crippen LogP contribution >= 0.6 is 0 Å². The number of carbonyl (C=O) groups is 1. The normalized spacial score (nSPS) is 25.9. The van der Waals surface area contributed by atoms with Gasteiger partial charge in [0.2, 0.25) is 5.91 Å². The predicted molar refractivity (Wildman–Crippen MR) is 83.4 cm³/mol. The third-order valence-electron chi connectivity index (χ3n) is 4.36. The summed E-state index contributed by atoms with van der Waals surface area (Å²) in [4.78, 5) is 14.4. The van der Waals surface area contributed by atoms with Crippen molar-refractivity contribution in [1.29, 1.82) is 0 Å². The maximum atomic E-state index is 12.2. The molecule has 114 valence electrons. The van der Waals surface area contributed by atoms with Crippen LogP contribution in [-0.4, -0.2) is 38.3 Å². The minimum Gasteiger partial charge on any atom is -0.378 e. The van der Waals surface area contributed by atoms with Gasteiger partial charge in [-0.2, -0.15) is 0 Å². The molecule has 5 nitrogen and oxygen atoms in total. The summed E-state index contributed by atoms with van der Waals surface area (Å²) < 4.78 is 5.35. The van der Waals surface area contributed by atoms with Gasteiger partial charge in [-0.05, 0) is 43.5 Å². The van der Waals surface area contributed by atoms with Crippen LogP contribution in [-0.2, 0) is 9.53 Å². The molecule has 21 heavy (non-hydrogen) atoms. The molecule has 2 unspecified atom stereocenters. The Balaban J connectivity index is 1.57. The molecule has 0 radical (unpaired) electrons. The zero-order valence-corrected chi connectivity index (χ0v) is 12.3. The highest BCUT2D eigenvalue weighted by atomic mass is 16.5. The zero-order chi connectivity index (χ0) is 14.7. The van der Waals surface area contributed by atoms with Crippen molar-refractivity contribution >= 4 is 17.3 Å². The Bertz CT molecular complexity index is 483. The minimum absolute atomic E-state index is 0.0684. The number of hydrogen-bond donors (Lipinski definition) is 2. The van der Waals surface area contributed by atoms with Crippen molar-refractivity contribution in [2.45, 2.75) is 25.3 Å². The number of carbonyl (C=O) groups excluding carboxylic acids is 1. The van der Waals surface area contributed by atoms with Gasteiger partial charge < -0.3 is 20.7 Å². The summed E-state index contributed by atoms with van der Waals surface area (Å²) in [5.41, 5.74) is 7.90. The van der Waals surface area contributed by atoms with E-state index in [1.807, 2.05) is 12.1 Å². The number of rotatable bonds is 3. The van der Waals surface area contributed by atoms with Gasteiger partial charge >= 0.3 is 0 Å². The molecular formula is C16H23N3O2. The van der Waals surface area contributed by atoms with Gasteiger partial charge in [0.1, 0.15) is 0 Å². The summed E-state index contributed by atoms with van der Waals surface area (Å²) in [6.07, 6.45) is 2.66. The van der Waals surface area contributed by atoms with Crippen LogP contribution in [0.5, 0.6) is 0 Å². The second kappa shape index (κ2) is 6.45. The Morgan fingerprint density at radius 1 is 1.19 bits per heavy atom. The first-order valence-corrected chi connectivity index (χ1v) is 7.71. The lowest BCUT2D eigenvalue weighted by Crippen LogP contribution is -2.36. The molecule has 2 atom stereocenters. The highest BCUT2D eigenvalue weighted by molar-refractivity contribution is 5.92. The largest absolute Gasteiger partial charge is 0.378 e. The SMILES string of the molecule is NC1CCC(C(=O)Nc2ccc(N3CCOCC3)cc2)C1. The summed E-state index contributed by atoms with van der Waals surface area (Å²) >= 11 is 0. The second-order valence-electron chi connectivity index (χ2n) is 5.91. The van der Waals surface area contributed by atoms with Gasteiger partial charge in [0.25, 0.3) is 0 Å². The quantitative estimate of drug-likeness (QED) is 0.886. The molecule has 2 aliphatic rings. The number of anilines is 2. The van der Waals surface area contributed by atoms with Crippen molar-refractivity contribution in [3.05, 3.63) is 24.3 Å². The monoisotopic (exact) mass is 289 g/mol. The third-order valence-corrected chi connectivity index (χ3v) is 4.36. The molecule has 0 spiro atoms. The van der Waals surface area contributed by atoms with Gasteiger partial charge in [0, 0.05) is 36.4 Å². The molecule has 0 aromatic heterocycles. The first kappa shape index (κ1) is 14.4. The molecule has 3 rings (SSSR count). The van der Waals surface area contributed by atoms with Crippen LogP contribution in [0.4, 0.5) is 11.4 Å². The van der Waals surface area contributed by atoms with Crippen LogP contribution in [0.2, 0.25) is 0 Å². The molecule has 1 heterocycles. The topological polar surface area (TPSA) is 67.6 Å². The summed E-state index contributed by atoms with van der Waals surface area (Å²) in [5, 5.41) is 3.00. The van der Waals surface area contributed by atoms with E-state index < -0.39 is 0 Å². The number of nitrogens with two attached hydrogens (primary N) is 1. The van der Waals surface area contributed by atoms with Crippen molar-refractivity contribution in [2.24, 2.45) is 11.7 Å². The molecule has 2 fully saturated rings. The Morgan fingerprint density at radius 3 is 2.52 bits per heavy atom. The Labute approximate surface area is 125 Å². The average Bonchev–Trinajstić information content (AvgIpc) is 2.96. The van der Waals surface area contributed by atoms with E-state index in [2.05, 4.69) is 22.3 Å². The fraction of sp³-hybridized carbons (Fsp3) is 0.562. The number of amides is 1. The minimum atomic E-state index is 0.0684.